The molecule has 2 aromatic rings. The van der Waals surface area contributed by atoms with E-state index in [9.17, 15) is 0 Å². The molecule has 1 unspecified atom stereocenters. The van der Waals surface area contributed by atoms with Crippen LogP contribution in [0.3, 0.4) is 0 Å². The van der Waals surface area contributed by atoms with Gasteiger partial charge >= 0.3 is 0 Å². The topological polar surface area (TPSA) is 50.3 Å². The molecule has 1 heterocycles. The molecule has 1 aliphatic rings. The Morgan fingerprint density at radius 3 is 2.92 bits per heavy atom. The molecule has 1 N–H and O–H groups in total. The molecular weight excluding hydrogens is 324 g/mol. The van der Waals surface area contributed by atoms with E-state index in [0.717, 1.165) is 41.7 Å². The number of ether oxygens (including phenoxy) is 1. The lowest BCUT2D eigenvalue weighted by Crippen LogP contribution is -2.26. The number of anilines is 1. The van der Waals surface area contributed by atoms with E-state index in [2.05, 4.69) is 15.3 Å². The number of hydrogen-bond acceptors (Lipinski definition) is 5. The third-order valence-electron chi connectivity index (χ3n) is 4.38. The first-order valence-electron chi connectivity index (χ1n) is 8.18. The van der Waals surface area contributed by atoms with Crippen LogP contribution >= 0.6 is 11.6 Å². The first kappa shape index (κ1) is 17.0. The number of aromatic nitrogens is 2. The van der Waals surface area contributed by atoms with Crippen molar-refractivity contribution in [2.75, 3.05) is 26.1 Å². The summed E-state index contributed by atoms with van der Waals surface area (Å²) in [6.07, 6.45) is 4.99. The van der Waals surface area contributed by atoms with Crippen LogP contribution in [-0.4, -0.2) is 31.2 Å². The van der Waals surface area contributed by atoms with Crippen LogP contribution in [0, 0.1) is 0 Å². The van der Waals surface area contributed by atoms with E-state index in [1.807, 2.05) is 37.2 Å². The zero-order chi connectivity index (χ0) is 17.1. The quantitative estimate of drug-likeness (QED) is 0.899. The number of fused-ring (bicyclic) bond motifs is 1. The molecule has 1 aromatic carbocycles. The fraction of sp³-hybridized carbons (Fsp3) is 0.444. The van der Waals surface area contributed by atoms with Gasteiger partial charge in [-0.3, -0.25) is 0 Å². The van der Waals surface area contributed by atoms with Gasteiger partial charge in [0.15, 0.2) is 0 Å². The second-order valence-corrected chi connectivity index (χ2v) is 6.62. The highest BCUT2D eigenvalue weighted by molar-refractivity contribution is 6.31. The molecule has 0 saturated heterocycles. The van der Waals surface area contributed by atoms with Crippen molar-refractivity contribution in [3.63, 3.8) is 0 Å². The largest absolute Gasteiger partial charge is 0.496 e. The second kappa shape index (κ2) is 7.36. The molecule has 3 rings (SSSR count). The molecule has 0 bridgehead atoms. The molecule has 24 heavy (non-hydrogen) atoms. The lowest BCUT2D eigenvalue weighted by atomic mass is 9.87. The van der Waals surface area contributed by atoms with Crippen molar-refractivity contribution in [3.05, 3.63) is 46.2 Å². The molecule has 0 radical (unpaired) electrons. The van der Waals surface area contributed by atoms with Gasteiger partial charge in [-0.2, -0.15) is 0 Å². The maximum atomic E-state index is 6.49. The molecule has 0 fully saturated rings. The van der Waals surface area contributed by atoms with Gasteiger partial charge in [-0.15, -0.1) is 0 Å². The van der Waals surface area contributed by atoms with Crippen molar-refractivity contribution in [1.29, 1.82) is 0 Å². The number of halogens is 1. The molecule has 5 nitrogen and oxygen atoms in total. The molecule has 1 aromatic heterocycles. The Bertz CT molecular complexity index is 720. The molecule has 0 amide bonds. The van der Waals surface area contributed by atoms with Gasteiger partial charge in [0.1, 0.15) is 5.75 Å². The summed E-state index contributed by atoms with van der Waals surface area (Å²) in [6.45, 7) is 0.682. The van der Waals surface area contributed by atoms with Gasteiger partial charge in [0.25, 0.3) is 0 Å². The average molecular weight is 347 g/mol. The van der Waals surface area contributed by atoms with Crippen LogP contribution in [0.1, 0.15) is 35.7 Å². The van der Waals surface area contributed by atoms with Gasteiger partial charge < -0.3 is 15.0 Å². The third-order valence-corrected chi connectivity index (χ3v) is 4.71. The second-order valence-electron chi connectivity index (χ2n) is 6.21. The number of methoxy groups -OCH3 is 1. The van der Waals surface area contributed by atoms with E-state index in [1.165, 1.54) is 11.1 Å². The van der Waals surface area contributed by atoms with Crippen molar-refractivity contribution < 1.29 is 4.74 Å². The highest BCUT2D eigenvalue weighted by Crippen LogP contribution is 2.39. The number of nitrogens with zero attached hydrogens (tertiary/aromatic N) is 3. The van der Waals surface area contributed by atoms with Crippen LogP contribution in [0.2, 0.25) is 5.02 Å². The minimum atomic E-state index is 0.217. The van der Waals surface area contributed by atoms with Crippen LogP contribution in [0.25, 0.3) is 0 Å². The Kier molecular flexibility index (Phi) is 5.21. The van der Waals surface area contributed by atoms with E-state index in [-0.39, 0.29) is 6.04 Å². The van der Waals surface area contributed by atoms with E-state index in [0.29, 0.717) is 6.54 Å². The minimum Gasteiger partial charge on any atom is -0.496 e. The number of hydrogen-bond donors (Lipinski definition) is 1. The average Bonchev–Trinajstić information content (AvgIpc) is 2.60. The Morgan fingerprint density at radius 1 is 1.33 bits per heavy atom. The summed E-state index contributed by atoms with van der Waals surface area (Å²) in [5.41, 5.74) is 3.37. The summed E-state index contributed by atoms with van der Waals surface area (Å²) in [5, 5.41) is 4.41. The van der Waals surface area contributed by atoms with Crippen LogP contribution in [0.4, 0.5) is 5.95 Å². The Hall–Kier alpha value is -1.85. The Morgan fingerprint density at radius 2 is 2.17 bits per heavy atom. The Labute approximate surface area is 148 Å². The van der Waals surface area contributed by atoms with Crippen molar-refractivity contribution >= 4 is 17.5 Å². The van der Waals surface area contributed by atoms with Gasteiger partial charge in [0.2, 0.25) is 5.95 Å². The summed E-state index contributed by atoms with van der Waals surface area (Å²) in [6, 6.07) is 6.04. The van der Waals surface area contributed by atoms with E-state index in [4.69, 9.17) is 16.3 Å². The Balaban J connectivity index is 1.80. The first-order valence-corrected chi connectivity index (χ1v) is 8.56. The molecule has 1 atom stereocenters. The van der Waals surface area contributed by atoms with Crippen molar-refractivity contribution in [2.24, 2.45) is 0 Å². The fourth-order valence-corrected chi connectivity index (χ4v) is 3.51. The van der Waals surface area contributed by atoms with Crippen LogP contribution in [0.5, 0.6) is 5.75 Å². The summed E-state index contributed by atoms with van der Waals surface area (Å²) >= 11 is 6.49. The predicted molar refractivity (Wildman–Crippen MR) is 96.9 cm³/mol. The van der Waals surface area contributed by atoms with Crippen LogP contribution in [0.15, 0.2) is 24.4 Å². The van der Waals surface area contributed by atoms with Gasteiger partial charge in [-0.05, 0) is 43.0 Å². The van der Waals surface area contributed by atoms with Crippen LogP contribution in [-0.2, 0) is 13.0 Å². The summed E-state index contributed by atoms with van der Waals surface area (Å²) in [5.74, 6) is 1.65. The van der Waals surface area contributed by atoms with E-state index < -0.39 is 0 Å². The monoisotopic (exact) mass is 346 g/mol. The SMILES string of the molecule is COc1ccc(Cl)c2c1CCCC2NCc1ccnc(N(C)C)n1. The third kappa shape index (κ3) is 3.47. The maximum Gasteiger partial charge on any atom is 0.225 e. The zero-order valence-electron chi connectivity index (χ0n) is 14.3. The number of rotatable bonds is 5. The summed E-state index contributed by atoms with van der Waals surface area (Å²) in [4.78, 5) is 10.7. The van der Waals surface area contributed by atoms with Gasteiger partial charge in [-0.1, -0.05) is 11.6 Å². The summed E-state index contributed by atoms with van der Waals surface area (Å²) in [7, 11) is 5.59. The van der Waals surface area contributed by atoms with Crippen molar-refractivity contribution in [3.8, 4) is 5.75 Å². The van der Waals surface area contributed by atoms with Crippen molar-refractivity contribution in [1.82, 2.24) is 15.3 Å². The lowest BCUT2D eigenvalue weighted by molar-refractivity contribution is 0.395. The molecule has 1 aliphatic carbocycles. The molecule has 128 valence electrons. The molecular formula is C18H23ClN4O. The number of nitrogens with one attached hydrogen (secondary N) is 1. The smallest absolute Gasteiger partial charge is 0.225 e. The zero-order valence-corrected chi connectivity index (χ0v) is 15.1. The first-order chi connectivity index (χ1) is 11.6. The van der Waals surface area contributed by atoms with Gasteiger partial charge in [-0.25, -0.2) is 9.97 Å². The minimum absolute atomic E-state index is 0.217. The fourth-order valence-electron chi connectivity index (χ4n) is 3.20. The molecule has 0 aliphatic heterocycles. The summed E-state index contributed by atoms with van der Waals surface area (Å²) < 4.78 is 5.51. The number of benzene rings is 1. The van der Waals surface area contributed by atoms with E-state index >= 15 is 0 Å². The van der Waals surface area contributed by atoms with Gasteiger partial charge in [0.05, 0.1) is 12.8 Å². The predicted octanol–water partition coefficient (Wildman–Crippen LogP) is 3.37. The van der Waals surface area contributed by atoms with Crippen molar-refractivity contribution in [2.45, 2.75) is 31.8 Å². The molecule has 6 heteroatoms. The highest BCUT2D eigenvalue weighted by atomic mass is 35.5. The van der Waals surface area contributed by atoms with Gasteiger partial charge in [0, 0.05) is 43.5 Å². The molecule has 0 saturated carbocycles. The lowest BCUT2D eigenvalue weighted by Gasteiger charge is -2.28. The van der Waals surface area contributed by atoms with E-state index in [1.54, 1.807) is 13.3 Å². The standard InChI is InChI=1S/C18H23ClN4O/c1-23(2)18-20-10-9-12(22-18)11-21-15-6-4-5-13-16(24-3)8-7-14(19)17(13)15/h7-10,15,21H,4-6,11H2,1-3H3. The maximum absolute atomic E-state index is 6.49. The molecule has 0 spiro atoms. The highest BCUT2D eigenvalue weighted by Gasteiger charge is 2.25. The normalized spacial score (nSPS) is 16.6. The van der Waals surface area contributed by atoms with Crippen LogP contribution < -0.4 is 15.0 Å².